The predicted molar refractivity (Wildman–Crippen MR) is 43.0 cm³/mol. The van der Waals surface area contributed by atoms with Crippen LogP contribution in [-0.4, -0.2) is 4.57 Å². The zero-order chi connectivity index (χ0) is 8.69. The Bertz CT molecular complexity index is 195. The summed E-state index contributed by atoms with van der Waals surface area (Å²) in [5, 5.41) is 0. The Morgan fingerprint density at radius 2 is 2.00 bits per heavy atom. The first-order valence-electron chi connectivity index (χ1n) is 3.37. The predicted octanol–water partition coefficient (Wildman–Crippen LogP) is -1.29. The van der Waals surface area contributed by atoms with Crippen molar-refractivity contribution in [2.45, 2.75) is 13.5 Å². The molecule has 0 saturated carbocycles. The molecule has 6 heteroatoms. The van der Waals surface area contributed by atoms with E-state index in [1.165, 1.54) is 0 Å². The molecule has 0 N–H and O–H groups in total. The molecule has 68 valence electrons. The Labute approximate surface area is 99.3 Å². The van der Waals surface area contributed by atoms with Gasteiger partial charge in [-0.1, -0.05) is 0 Å². The topological polar surface area (TPSA) is 8.81 Å². The number of imidazole rings is 1. The molecule has 0 spiro atoms. The van der Waals surface area contributed by atoms with Crippen LogP contribution >= 0.6 is 19.4 Å². The number of nitrogens with zero attached hydrogens (tertiary/aromatic N) is 2. The molecule has 0 aromatic carbocycles. The average molecular weight is 327 g/mol. The van der Waals surface area contributed by atoms with E-state index in [2.05, 4.69) is 24.0 Å². The van der Waals surface area contributed by atoms with Gasteiger partial charge in [-0.3, -0.25) is 0 Å². The summed E-state index contributed by atoms with van der Waals surface area (Å²) >= 11 is -0.931. The molecule has 1 aromatic heterocycles. The van der Waals surface area contributed by atoms with Crippen LogP contribution in [0.2, 0.25) is 0 Å². The minimum absolute atomic E-state index is 0. The molecule has 0 saturated heterocycles. The van der Waals surface area contributed by atoms with Gasteiger partial charge < -0.3 is 17.0 Å². The fraction of sp³-hybridized carbons (Fsp3) is 0.500. The Kier molecular flexibility index (Phi) is 12.8. The maximum absolute atomic E-state index is 4.95. The van der Waals surface area contributed by atoms with Crippen molar-refractivity contribution in [1.29, 1.82) is 0 Å². The normalized spacial score (nSPS) is 7.33. The van der Waals surface area contributed by atoms with Crippen LogP contribution in [0.5, 0.6) is 0 Å². The van der Waals surface area contributed by atoms with Crippen LogP contribution in [-0.2, 0) is 28.7 Å². The molecule has 0 bridgehead atoms. The average Bonchev–Trinajstić information content (AvgIpc) is 2.37. The summed E-state index contributed by atoms with van der Waals surface area (Å²) in [5.41, 5.74) is 0. The second kappa shape index (κ2) is 9.98. The van der Waals surface area contributed by atoms with Crippen LogP contribution in [0.1, 0.15) is 6.92 Å². The van der Waals surface area contributed by atoms with E-state index in [4.69, 9.17) is 19.4 Å². The third-order valence-electron chi connectivity index (χ3n) is 1.19. The second-order valence-electron chi connectivity index (χ2n) is 2.01. The fourth-order valence-electron chi connectivity index (χ4n) is 0.689. The Morgan fingerprint density at radius 3 is 2.17 bits per heavy atom. The Morgan fingerprint density at radius 1 is 1.50 bits per heavy atom. The zero-order valence-corrected chi connectivity index (χ0v) is 13.2. The van der Waals surface area contributed by atoms with E-state index in [1.807, 2.05) is 17.8 Å². The summed E-state index contributed by atoms with van der Waals surface area (Å²) in [6, 6.07) is 0. The van der Waals surface area contributed by atoms with Crippen LogP contribution in [0.15, 0.2) is 18.7 Å². The van der Waals surface area contributed by atoms with Crippen molar-refractivity contribution >= 4 is 19.4 Å². The Balaban J connectivity index is 0. The van der Waals surface area contributed by atoms with Gasteiger partial charge in [0.25, 0.3) is 0 Å². The summed E-state index contributed by atoms with van der Waals surface area (Å²) < 4.78 is 4.16. The molecule has 0 aliphatic heterocycles. The van der Waals surface area contributed by atoms with Crippen molar-refractivity contribution in [1.82, 2.24) is 4.57 Å². The van der Waals surface area contributed by atoms with Crippen LogP contribution in [0.3, 0.4) is 0 Å². The van der Waals surface area contributed by atoms with Gasteiger partial charge in [0.2, 0.25) is 6.33 Å². The number of aromatic nitrogens is 2. The van der Waals surface area contributed by atoms with Crippen LogP contribution in [0.4, 0.5) is 0 Å². The van der Waals surface area contributed by atoms with Gasteiger partial charge in [-0.05, 0) is 6.92 Å². The van der Waals surface area contributed by atoms with Gasteiger partial charge in [-0.2, -0.15) is 0 Å². The second-order valence-corrected chi connectivity index (χ2v) is 6.63. The number of halogens is 3. The molecular weight excluding hydrogens is 316 g/mol. The van der Waals surface area contributed by atoms with Crippen molar-refractivity contribution in [3.8, 4) is 0 Å². The van der Waals surface area contributed by atoms with Crippen molar-refractivity contribution in [3.63, 3.8) is 0 Å². The SMILES string of the molecule is CC[n+]1ccn(C)c1.[Br-].[Cl][Zn][Cl]. The van der Waals surface area contributed by atoms with Crippen molar-refractivity contribution < 1.29 is 36.7 Å². The van der Waals surface area contributed by atoms with Crippen molar-refractivity contribution in [2.24, 2.45) is 7.05 Å². The monoisotopic (exact) mass is 324 g/mol. The van der Waals surface area contributed by atoms with Crippen LogP contribution < -0.4 is 21.5 Å². The molecular formula is C6H11BrCl2N2Zn. The molecule has 12 heavy (non-hydrogen) atoms. The van der Waals surface area contributed by atoms with Crippen LogP contribution in [0, 0.1) is 0 Å². The summed E-state index contributed by atoms with van der Waals surface area (Å²) in [6.07, 6.45) is 6.14. The van der Waals surface area contributed by atoms with Gasteiger partial charge in [0.1, 0.15) is 12.4 Å². The first-order valence-corrected chi connectivity index (χ1v) is 11.2. The van der Waals surface area contributed by atoms with E-state index in [-0.39, 0.29) is 17.0 Å². The van der Waals surface area contributed by atoms with Crippen molar-refractivity contribution in [2.75, 3.05) is 0 Å². The number of hydrogen-bond acceptors (Lipinski definition) is 0. The van der Waals surface area contributed by atoms with Gasteiger partial charge >= 0.3 is 34.5 Å². The van der Waals surface area contributed by atoms with Crippen LogP contribution in [0.25, 0.3) is 0 Å². The van der Waals surface area contributed by atoms with E-state index in [1.54, 1.807) is 0 Å². The standard InChI is InChI=1S/C6H11N2.BrH.2ClH.Zn/c1-3-8-5-4-7(2)6-8;;;;/h4-6H,3H2,1-2H3;3*1H;/q+1;;;;+2/p-3. The van der Waals surface area contributed by atoms with Gasteiger partial charge in [0, 0.05) is 0 Å². The fourth-order valence-corrected chi connectivity index (χ4v) is 0.689. The minimum atomic E-state index is -0.931. The third kappa shape index (κ3) is 7.54. The molecule has 0 fully saturated rings. The molecule has 0 aliphatic rings. The summed E-state index contributed by atoms with van der Waals surface area (Å²) in [6.45, 7) is 3.18. The van der Waals surface area contributed by atoms with Gasteiger partial charge in [0.15, 0.2) is 0 Å². The quantitative estimate of drug-likeness (QED) is 0.449. The molecule has 1 rings (SSSR count). The number of aryl methyl sites for hydroxylation is 2. The molecule has 0 radical (unpaired) electrons. The molecule has 2 nitrogen and oxygen atoms in total. The first-order chi connectivity index (χ1) is 5.24. The number of rotatable bonds is 1. The molecule has 0 aliphatic carbocycles. The Hall–Kier alpha value is 0.893. The molecule has 1 heterocycles. The van der Waals surface area contributed by atoms with Gasteiger partial charge in [-0.25, -0.2) is 9.13 Å². The molecule has 0 amide bonds. The van der Waals surface area contributed by atoms with Gasteiger partial charge in [-0.15, -0.1) is 0 Å². The summed E-state index contributed by atoms with van der Waals surface area (Å²) in [5.74, 6) is 0. The van der Waals surface area contributed by atoms with E-state index in [0.717, 1.165) is 6.54 Å². The summed E-state index contributed by atoms with van der Waals surface area (Å²) in [4.78, 5) is 0. The maximum atomic E-state index is 4.95. The van der Waals surface area contributed by atoms with E-state index >= 15 is 0 Å². The molecule has 1 aromatic rings. The van der Waals surface area contributed by atoms with E-state index < -0.39 is 15.1 Å². The zero-order valence-electron chi connectivity index (χ0n) is 7.17. The van der Waals surface area contributed by atoms with Gasteiger partial charge in [0.05, 0.1) is 13.6 Å². The van der Waals surface area contributed by atoms with Crippen molar-refractivity contribution in [3.05, 3.63) is 18.7 Å². The summed E-state index contributed by atoms with van der Waals surface area (Å²) in [7, 11) is 11.9. The molecule has 0 unspecified atom stereocenters. The molecule has 0 atom stereocenters. The third-order valence-corrected chi connectivity index (χ3v) is 1.19. The first kappa shape index (κ1) is 15.4. The van der Waals surface area contributed by atoms with E-state index in [0.29, 0.717) is 0 Å². The van der Waals surface area contributed by atoms with E-state index in [9.17, 15) is 0 Å². The number of hydrogen-bond donors (Lipinski definition) is 0.